The van der Waals surface area contributed by atoms with Crippen LogP contribution in [0, 0.1) is 0 Å². The summed E-state index contributed by atoms with van der Waals surface area (Å²) < 4.78 is 7.53. The smallest absolute Gasteiger partial charge is 0.255 e. The van der Waals surface area contributed by atoms with Gasteiger partial charge >= 0.3 is 0 Å². The van der Waals surface area contributed by atoms with Crippen LogP contribution in [0.3, 0.4) is 0 Å². The highest BCUT2D eigenvalue weighted by Gasteiger charge is 2.17. The molecule has 28 heavy (non-hydrogen) atoms. The van der Waals surface area contributed by atoms with E-state index < -0.39 is 0 Å². The van der Waals surface area contributed by atoms with E-state index in [1.165, 1.54) is 11.3 Å². The Balaban J connectivity index is 1.43. The third-order valence-corrected chi connectivity index (χ3v) is 5.81. The Morgan fingerprint density at radius 1 is 1.04 bits per heavy atom. The standard InChI is InChI=1S/C23H22N2O2S/c1-27-20-9-4-8-19(16-20)24-23(26)18-11-13-21(14-12-18)28-25-15-5-7-17-6-2-3-10-22(17)25/h2-4,6,8-14,16H,5,7,15H2,1H3,(H,24,26). The Bertz CT molecular complexity index is 972. The first-order valence-corrected chi connectivity index (χ1v) is 10.1. The van der Waals surface area contributed by atoms with Crippen LogP contribution in [0.25, 0.3) is 0 Å². The maximum absolute atomic E-state index is 12.5. The molecular formula is C23H22N2O2S. The summed E-state index contributed by atoms with van der Waals surface area (Å²) in [7, 11) is 1.61. The Morgan fingerprint density at radius 3 is 2.68 bits per heavy atom. The molecule has 142 valence electrons. The van der Waals surface area contributed by atoms with E-state index in [0.717, 1.165) is 24.3 Å². The van der Waals surface area contributed by atoms with Crippen molar-refractivity contribution in [1.29, 1.82) is 0 Å². The number of fused-ring (bicyclic) bond motifs is 1. The second-order valence-corrected chi connectivity index (χ2v) is 7.73. The molecule has 1 aliphatic heterocycles. The number of rotatable bonds is 5. The molecule has 4 nitrogen and oxygen atoms in total. The van der Waals surface area contributed by atoms with Gasteiger partial charge in [0.05, 0.1) is 12.8 Å². The molecule has 0 aromatic heterocycles. The number of amides is 1. The molecular weight excluding hydrogens is 368 g/mol. The van der Waals surface area contributed by atoms with E-state index in [1.807, 2.05) is 42.5 Å². The van der Waals surface area contributed by atoms with E-state index in [-0.39, 0.29) is 5.91 Å². The topological polar surface area (TPSA) is 41.6 Å². The first-order valence-electron chi connectivity index (χ1n) is 9.32. The number of hydrogen-bond acceptors (Lipinski definition) is 4. The fraction of sp³-hybridized carbons (Fsp3) is 0.174. The van der Waals surface area contributed by atoms with Gasteiger partial charge in [-0.2, -0.15) is 0 Å². The van der Waals surface area contributed by atoms with E-state index in [1.54, 1.807) is 25.1 Å². The van der Waals surface area contributed by atoms with Crippen LogP contribution in [-0.4, -0.2) is 19.6 Å². The molecule has 1 aliphatic rings. The average molecular weight is 391 g/mol. The summed E-state index contributed by atoms with van der Waals surface area (Å²) in [6.45, 7) is 1.03. The highest BCUT2D eigenvalue weighted by molar-refractivity contribution is 8.00. The monoisotopic (exact) mass is 390 g/mol. The summed E-state index contributed by atoms with van der Waals surface area (Å²) in [5, 5.41) is 2.91. The highest BCUT2D eigenvalue weighted by Crippen LogP contribution is 2.35. The van der Waals surface area contributed by atoms with Gasteiger partial charge in [-0.05, 0) is 72.8 Å². The lowest BCUT2D eigenvalue weighted by molar-refractivity contribution is 0.102. The lowest BCUT2D eigenvalue weighted by Crippen LogP contribution is -2.22. The predicted molar refractivity (Wildman–Crippen MR) is 115 cm³/mol. The van der Waals surface area contributed by atoms with Gasteiger partial charge in [-0.25, -0.2) is 0 Å². The van der Waals surface area contributed by atoms with E-state index in [4.69, 9.17) is 4.74 Å². The highest BCUT2D eigenvalue weighted by atomic mass is 32.2. The quantitative estimate of drug-likeness (QED) is 0.592. The molecule has 4 rings (SSSR count). The lowest BCUT2D eigenvalue weighted by Gasteiger charge is -2.29. The second-order valence-electron chi connectivity index (χ2n) is 6.64. The van der Waals surface area contributed by atoms with Gasteiger partial charge in [0, 0.05) is 28.8 Å². The predicted octanol–water partition coefficient (Wildman–Crippen LogP) is 5.41. The molecule has 0 bridgehead atoms. The number of carbonyl (C=O) groups is 1. The van der Waals surface area contributed by atoms with Crippen LogP contribution in [0.5, 0.6) is 5.75 Å². The van der Waals surface area contributed by atoms with Gasteiger partial charge in [0.25, 0.3) is 5.91 Å². The van der Waals surface area contributed by atoms with Crippen LogP contribution in [0.1, 0.15) is 22.3 Å². The van der Waals surface area contributed by atoms with Gasteiger partial charge in [0.1, 0.15) is 5.75 Å². The maximum atomic E-state index is 12.5. The number of nitrogens with zero attached hydrogens (tertiary/aromatic N) is 1. The molecule has 0 radical (unpaired) electrons. The summed E-state index contributed by atoms with van der Waals surface area (Å²) in [6, 6.07) is 23.7. The second kappa shape index (κ2) is 8.40. The van der Waals surface area contributed by atoms with Crippen LogP contribution >= 0.6 is 11.9 Å². The minimum atomic E-state index is -0.131. The average Bonchev–Trinajstić information content (AvgIpc) is 2.74. The van der Waals surface area contributed by atoms with Crippen molar-refractivity contribution in [2.24, 2.45) is 0 Å². The molecule has 3 aromatic rings. The first kappa shape index (κ1) is 18.4. The molecule has 0 saturated carbocycles. The van der Waals surface area contributed by atoms with Crippen molar-refractivity contribution in [3.8, 4) is 5.75 Å². The molecule has 1 N–H and O–H groups in total. The van der Waals surface area contributed by atoms with Crippen molar-refractivity contribution < 1.29 is 9.53 Å². The Morgan fingerprint density at radius 2 is 1.86 bits per heavy atom. The number of anilines is 2. The van der Waals surface area contributed by atoms with Crippen LogP contribution in [0.2, 0.25) is 0 Å². The number of nitrogens with one attached hydrogen (secondary N) is 1. The number of para-hydroxylation sites is 1. The molecule has 0 saturated heterocycles. The number of benzene rings is 3. The number of hydrogen-bond donors (Lipinski definition) is 1. The summed E-state index contributed by atoms with van der Waals surface area (Å²) in [4.78, 5) is 13.6. The summed E-state index contributed by atoms with van der Waals surface area (Å²) in [5.41, 5.74) is 4.04. The number of aryl methyl sites for hydroxylation is 1. The van der Waals surface area contributed by atoms with Crippen LogP contribution in [-0.2, 0) is 6.42 Å². The van der Waals surface area contributed by atoms with Gasteiger partial charge in [-0.15, -0.1) is 0 Å². The maximum Gasteiger partial charge on any atom is 0.255 e. The normalized spacial score (nSPS) is 13.0. The van der Waals surface area contributed by atoms with E-state index in [2.05, 4.69) is 33.9 Å². The Kier molecular flexibility index (Phi) is 5.53. The van der Waals surface area contributed by atoms with Crippen LogP contribution in [0.15, 0.2) is 77.7 Å². The number of methoxy groups -OCH3 is 1. The van der Waals surface area contributed by atoms with Gasteiger partial charge in [0.15, 0.2) is 0 Å². The third kappa shape index (κ3) is 4.15. The molecule has 0 aliphatic carbocycles. The molecule has 5 heteroatoms. The van der Waals surface area contributed by atoms with Gasteiger partial charge in [0.2, 0.25) is 0 Å². The molecule has 1 amide bonds. The summed E-state index contributed by atoms with van der Waals surface area (Å²) in [6.07, 6.45) is 2.29. The number of ether oxygens (including phenoxy) is 1. The van der Waals surface area contributed by atoms with Crippen molar-refractivity contribution >= 4 is 29.2 Å². The fourth-order valence-electron chi connectivity index (χ4n) is 3.29. The number of carbonyl (C=O) groups excluding carboxylic acids is 1. The zero-order valence-corrected chi connectivity index (χ0v) is 16.5. The Hall–Kier alpha value is -2.92. The zero-order valence-electron chi connectivity index (χ0n) is 15.7. The van der Waals surface area contributed by atoms with E-state index in [0.29, 0.717) is 17.0 Å². The lowest BCUT2D eigenvalue weighted by atomic mass is 10.0. The van der Waals surface area contributed by atoms with Gasteiger partial charge in [-0.1, -0.05) is 24.3 Å². The van der Waals surface area contributed by atoms with Crippen molar-refractivity contribution in [2.45, 2.75) is 17.7 Å². The van der Waals surface area contributed by atoms with E-state index in [9.17, 15) is 4.79 Å². The molecule has 0 unspecified atom stereocenters. The van der Waals surface area contributed by atoms with Crippen molar-refractivity contribution in [3.05, 3.63) is 83.9 Å². The molecule has 3 aromatic carbocycles. The zero-order chi connectivity index (χ0) is 19.3. The Labute approximate surface area is 169 Å². The van der Waals surface area contributed by atoms with Crippen LogP contribution < -0.4 is 14.4 Å². The van der Waals surface area contributed by atoms with Crippen molar-refractivity contribution in [2.75, 3.05) is 23.3 Å². The van der Waals surface area contributed by atoms with Crippen molar-refractivity contribution in [1.82, 2.24) is 0 Å². The minimum Gasteiger partial charge on any atom is -0.497 e. The van der Waals surface area contributed by atoms with Gasteiger partial charge in [-0.3, -0.25) is 4.79 Å². The first-order chi connectivity index (χ1) is 13.7. The SMILES string of the molecule is COc1cccc(NC(=O)c2ccc(SN3CCCc4ccccc43)cc2)c1. The third-order valence-electron chi connectivity index (χ3n) is 4.73. The van der Waals surface area contributed by atoms with E-state index >= 15 is 0 Å². The molecule has 0 fully saturated rings. The van der Waals surface area contributed by atoms with Crippen LogP contribution in [0.4, 0.5) is 11.4 Å². The van der Waals surface area contributed by atoms with Crippen molar-refractivity contribution in [3.63, 3.8) is 0 Å². The molecule has 0 spiro atoms. The summed E-state index contributed by atoms with van der Waals surface area (Å²) >= 11 is 1.72. The largest absolute Gasteiger partial charge is 0.497 e. The summed E-state index contributed by atoms with van der Waals surface area (Å²) in [5.74, 6) is 0.583. The molecule has 1 heterocycles. The molecule has 0 atom stereocenters. The fourth-order valence-corrected chi connectivity index (χ4v) is 4.30. The minimum absolute atomic E-state index is 0.131. The van der Waals surface area contributed by atoms with Gasteiger partial charge < -0.3 is 14.4 Å².